The highest BCUT2D eigenvalue weighted by atomic mass is 32.2. The number of benzene rings is 1. The summed E-state index contributed by atoms with van der Waals surface area (Å²) in [5, 5.41) is 7.26. The van der Waals surface area contributed by atoms with Gasteiger partial charge in [-0.15, -0.1) is 0 Å². The van der Waals surface area contributed by atoms with E-state index in [0.29, 0.717) is 6.08 Å². The number of rotatable bonds is 6. The first-order valence-electron chi connectivity index (χ1n) is 5.96. The number of ketones is 2. The molecule has 0 radical (unpaired) electrons. The van der Waals surface area contributed by atoms with Crippen molar-refractivity contribution in [2.75, 3.05) is 0 Å². The molecule has 112 valence electrons. The van der Waals surface area contributed by atoms with Gasteiger partial charge in [0.25, 0.3) is 0 Å². The normalized spacial score (nSPS) is 13.0. The van der Waals surface area contributed by atoms with E-state index in [9.17, 15) is 22.8 Å². The molecule has 0 amide bonds. The number of aliphatic carboxylic acids is 1. The molecule has 0 saturated heterocycles. The zero-order valence-corrected chi connectivity index (χ0v) is 12.3. The van der Waals surface area contributed by atoms with Crippen molar-refractivity contribution in [2.24, 2.45) is 0 Å². The van der Waals surface area contributed by atoms with Gasteiger partial charge in [0.05, 0.1) is 4.90 Å². The first-order chi connectivity index (χ1) is 9.66. The number of allylic oxidation sites excluding steroid dienone is 1. The van der Waals surface area contributed by atoms with Crippen molar-refractivity contribution in [1.82, 2.24) is 0 Å². The van der Waals surface area contributed by atoms with Crippen molar-refractivity contribution in [3.05, 3.63) is 42.0 Å². The van der Waals surface area contributed by atoms with Crippen molar-refractivity contribution in [3.8, 4) is 0 Å². The fourth-order valence-corrected chi connectivity index (χ4v) is 2.84. The third-order valence-electron chi connectivity index (χ3n) is 2.88. The molecule has 1 rings (SSSR count). The predicted octanol–water partition coefficient (Wildman–Crippen LogP) is 1.26. The lowest BCUT2D eigenvalue weighted by Gasteiger charge is -2.09. The smallest absolute Gasteiger partial charge is 0.328 e. The summed E-state index contributed by atoms with van der Waals surface area (Å²) in [6.07, 6.45) is 1.58. The van der Waals surface area contributed by atoms with E-state index in [1.54, 1.807) is 0 Å². The number of carbonyl (C=O) groups is 3. The number of hydrogen-bond acceptors (Lipinski definition) is 5. The molecule has 0 saturated carbocycles. The van der Waals surface area contributed by atoms with Crippen molar-refractivity contribution in [2.45, 2.75) is 24.0 Å². The molecule has 1 aromatic rings. The minimum atomic E-state index is -3.78. The quantitative estimate of drug-likeness (QED) is 0.626. The minimum Gasteiger partial charge on any atom is -0.478 e. The molecule has 0 fully saturated rings. The maximum atomic E-state index is 12.1. The van der Waals surface area contributed by atoms with Crippen LogP contribution in [0.25, 0.3) is 0 Å². The van der Waals surface area contributed by atoms with Gasteiger partial charge in [-0.1, -0.05) is 0 Å². The molecule has 0 spiro atoms. The minimum absolute atomic E-state index is 0.0658. The van der Waals surface area contributed by atoms with E-state index in [4.69, 9.17) is 5.11 Å². The summed E-state index contributed by atoms with van der Waals surface area (Å²) >= 11 is 0. The average Bonchev–Trinajstić information content (AvgIpc) is 2.43. The van der Waals surface area contributed by atoms with Crippen LogP contribution in [0.2, 0.25) is 0 Å². The van der Waals surface area contributed by atoms with Gasteiger partial charge >= 0.3 is 5.97 Å². The summed E-state index contributed by atoms with van der Waals surface area (Å²) in [6, 6.07) is 4.98. The van der Waals surface area contributed by atoms with Gasteiger partial charge in [0.15, 0.2) is 15.6 Å². The first kappa shape index (κ1) is 16.8. The number of carbonyl (C=O) groups excluding carboxylic acids is 2. The van der Waals surface area contributed by atoms with Crippen LogP contribution in [-0.4, -0.2) is 36.3 Å². The van der Waals surface area contributed by atoms with Crippen LogP contribution in [0.5, 0.6) is 0 Å². The second kappa shape index (κ2) is 6.45. The molecular formula is C14H14O6S. The monoisotopic (exact) mass is 310 g/mol. The first-order valence-corrected chi connectivity index (χ1v) is 7.50. The van der Waals surface area contributed by atoms with Gasteiger partial charge in [0, 0.05) is 11.6 Å². The molecule has 1 atom stereocenters. The van der Waals surface area contributed by atoms with E-state index < -0.39 is 32.6 Å². The number of sulfone groups is 1. The van der Waals surface area contributed by atoms with E-state index in [0.717, 1.165) is 6.08 Å². The summed E-state index contributed by atoms with van der Waals surface area (Å²) in [5.41, 5.74) is 0.155. The Hall–Kier alpha value is -2.28. The lowest BCUT2D eigenvalue weighted by Crippen LogP contribution is -2.25. The fraction of sp³-hybridized carbons (Fsp3) is 0.214. The molecule has 0 aromatic heterocycles. The van der Waals surface area contributed by atoms with Crippen molar-refractivity contribution < 1.29 is 27.9 Å². The van der Waals surface area contributed by atoms with Crippen molar-refractivity contribution >= 4 is 27.4 Å². The molecular weight excluding hydrogens is 296 g/mol. The van der Waals surface area contributed by atoms with Gasteiger partial charge in [-0.2, -0.15) is 0 Å². The van der Waals surface area contributed by atoms with E-state index in [1.807, 2.05) is 0 Å². The summed E-state index contributed by atoms with van der Waals surface area (Å²) in [7, 11) is -3.78. The third-order valence-corrected chi connectivity index (χ3v) is 5.07. The Labute approximate surface area is 122 Å². The molecule has 1 aromatic carbocycles. The molecule has 21 heavy (non-hydrogen) atoms. The Morgan fingerprint density at radius 2 is 1.62 bits per heavy atom. The molecule has 0 aliphatic rings. The van der Waals surface area contributed by atoms with Gasteiger partial charge in [-0.25, -0.2) is 13.2 Å². The van der Waals surface area contributed by atoms with E-state index in [-0.39, 0.29) is 10.5 Å². The van der Waals surface area contributed by atoms with Crippen LogP contribution in [0.15, 0.2) is 41.3 Å². The number of Topliss-reactive ketones (excluding diaryl/α,β-unsaturated/α-hetero) is 1. The average molecular weight is 310 g/mol. The van der Waals surface area contributed by atoms with Crippen molar-refractivity contribution in [1.29, 1.82) is 0 Å². The van der Waals surface area contributed by atoms with E-state index in [1.165, 1.54) is 38.1 Å². The molecule has 0 bridgehead atoms. The topological polar surface area (TPSA) is 106 Å². The molecule has 1 unspecified atom stereocenters. The molecule has 0 heterocycles. The third kappa shape index (κ3) is 4.09. The Kier molecular flexibility index (Phi) is 5.15. The second-order valence-electron chi connectivity index (χ2n) is 4.36. The van der Waals surface area contributed by atoms with Crippen LogP contribution in [0.3, 0.4) is 0 Å². The van der Waals surface area contributed by atoms with Gasteiger partial charge in [0.2, 0.25) is 0 Å². The van der Waals surface area contributed by atoms with Crippen LogP contribution in [0.1, 0.15) is 24.2 Å². The largest absolute Gasteiger partial charge is 0.478 e. The zero-order valence-electron chi connectivity index (χ0n) is 11.4. The summed E-state index contributed by atoms with van der Waals surface area (Å²) in [5.74, 6) is -2.28. The maximum Gasteiger partial charge on any atom is 0.328 e. The zero-order chi connectivity index (χ0) is 16.2. The molecule has 0 aliphatic carbocycles. The van der Waals surface area contributed by atoms with Gasteiger partial charge in [-0.3, -0.25) is 9.59 Å². The highest BCUT2D eigenvalue weighted by Gasteiger charge is 2.26. The Morgan fingerprint density at radius 1 is 1.10 bits per heavy atom. The van der Waals surface area contributed by atoms with Crippen molar-refractivity contribution in [3.63, 3.8) is 0 Å². The number of carboxylic acid groups (broad SMARTS) is 1. The predicted molar refractivity (Wildman–Crippen MR) is 74.9 cm³/mol. The summed E-state index contributed by atoms with van der Waals surface area (Å²) in [4.78, 5) is 33.0. The molecule has 7 heteroatoms. The molecule has 1 N–H and O–H groups in total. The van der Waals surface area contributed by atoms with Gasteiger partial charge in [0.1, 0.15) is 11.0 Å². The second-order valence-corrected chi connectivity index (χ2v) is 6.63. The number of hydrogen-bond donors (Lipinski definition) is 1. The standard InChI is InChI=1S/C14H14O6S/c1-9(15)10(2)21(19,20)12-5-3-11(4-6-12)13(16)7-8-14(17)18/h3-8,10H,1-2H3,(H,17,18)/b8-7+. The van der Waals surface area contributed by atoms with Crippen LogP contribution < -0.4 is 0 Å². The van der Waals surface area contributed by atoms with Gasteiger partial charge in [-0.05, 0) is 44.2 Å². The van der Waals surface area contributed by atoms with E-state index >= 15 is 0 Å². The van der Waals surface area contributed by atoms with Crippen LogP contribution in [0, 0.1) is 0 Å². The lowest BCUT2D eigenvalue weighted by atomic mass is 10.1. The Bertz CT molecular complexity index is 697. The fourth-order valence-electron chi connectivity index (χ4n) is 1.47. The SMILES string of the molecule is CC(=O)C(C)S(=O)(=O)c1ccc(C(=O)/C=C/C(=O)O)cc1. The van der Waals surface area contributed by atoms with Crippen LogP contribution in [-0.2, 0) is 19.4 Å². The molecule has 6 nitrogen and oxygen atoms in total. The highest BCUT2D eigenvalue weighted by molar-refractivity contribution is 7.92. The Morgan fingerprint density at radius 3 is 2.05 bits per heavy atom. The highest BCUT2D eigenvalue weighted by Crippen LogP contribution is 2.17. The summed E-state index contributed by atoms with van der Waals surface area (Å²) in [6.45, 7) is 2.49. The van der Waals surface area contributed by atoms with Crippen LogP contribution in [0.4, 0.5) is 0 Å². The van der Waals surface area contributed by atoms with Gasteiger partial charge < -0.3 is 5.11 Å². The number of carboxylic acids is 1. The van der Waals surface area contributed by atoms with Crippen LogP contribution >= 0.6 is 0 Å². The summed E-state index contributed by atoms with van der Waals surface area (Å²) < 4.78 is 24.1. The Balaban J connectivity index is 3.06. The maximum absolute atomic E-state index is 12.1. The van der Waals surface area contributed by atoms with E-state index in [2.05, 4.69) is 0 Å². The molecule has 0 aliphatic heterocycles. The lowest BCUT2D eigenvalue weighted by molar-refractivity contribution is -0.131.